The third-order valence-electron chi connectivity index (χ3n) is 3.01. The molecule has 112 valence electrons. The summed E-state index contributed by atoms with van der Waals surface area (Å²) in [7, 11) is 1.76. The van der Waals surface area contributed by atoms with Crippen LogP contribution in [0.25, 0.3) is 0 Å². The van der Waals surface area contributed by atoms with Gasteiger partial charge in [-0.15, -0.1) is 13.2 Å². The third-order valence-corrected chi connectivity index (χ3v) is 3.01. The van der Waals surface area contributed by atoms with Crippen LogP contribution in [0.2, 0.25) is 0 Å². The van der Waals surface area contributed by atoms with Gasteiger partial charge in [-0.3, -0.25) is 4.98 Å². The summed E-state index contributed by atoms with van der Waals surface area (Å²) >= 11 is 0. The van der Waals surface area contributed by atoms with Crippen molar-refractivity contribution in [2.45, 2.75) is 18.8 Å². The molecule has 1 aromatic heterocycles. The van der Waals surface area contributed by atoms with Crippen LogP contribution in [0.1, 0.15) is 17.2 Å². The topological polar surface area (TPSA) is 34.2 Å². The van der Waals surface area contributed by atoms with Gasteiger partial charge in [0, 0.05) is 18.4 Å². The minimum absolute atomic E-state index is 0.119. The minimum Gasteiger partial charge on any atom is -0.406 e. The fourth-order valence-corrected chi connectivity index (χ4v) is 2.07. The monoisotopic (exact) mass is 296 g/mol. The van der Waals surface area contributed by atoms with E-state index in [9.17, 15) is 13.2 Å². The highest BCUT2D eigenvalue weighted by molar-refractivity contribution is 5.31. The molecule has 0 saturated heterocycles. The number of hydrogen-bond donors (Lipinski definition) is 1. The van der Waals surface area contributed by atoms with E-state index in [1.165, 1.54) is 12.1 Å². The molecule has 1 N–H and O–H groups in total. The molecule has 1 heterocycles. The third kappa shape index (κ3) is 4.75. The summed E-state index contributed by atoms with van der Waals surface area (Å²) in [4.78, 5) is 4.03. The summed E-state index contributed by atoms with van der Waals surface area (Å²) in [6.07, 6.45) is -0.646. The van der Waals surface area contributed by atoms with Crippen molar-refractivity contribution in [2.24, 2.45) is 0 Å². The highest BCUT2D eigenvalue weighted by atomic mass is 19.4. The zero-order chi connectivity index (χ0) is 15.3. The Bertz CT molecular complexity index is 573. The van der Waals surface area contributed by atoms with E-state index < -0.39 is 6.36 Å². The van der Waals surface area contributed by atoms with E-state index in [0.29, 0.717) is 6.42 Å². The molecule has 21 heavy (non-hydrogen) atoms. The molecule has 0 aliphatic heterocycles. The van der Waals surface area contributed by atoms with Crippen molar-refractivity contribution in [3.63, 3.8) is 0 Å². The Morgan fingerprint density at radius 1 is 1.24 bits per heavy atom. The molecule has 0 bridgehead atoms. The zero-order valence-corrected chi connectivity index (χ0v) is 11.4. The first-order chi connectivity index (χ1) is 9.98. The smallest absolute Gasteiger partial charge is 0.406 e. The number of halogens is 3. The Balaban J connectivity index is 2.16. The van der Waals surface area contributed by atoms with Crippen molar-refractivity contribution >= 4 is 0 Å². The van der Waals surface area contributed by atoms with Crippen LogP contribution in [-0.2, 0) is 6.42 Å². The van der Waals surface area contributed by atoms with Gasteiger partial charge in [0.05, 0.1) is 0 Å². The molecule has 6 heteroatoms. The summed E-state index contributed by atoms with van der Waals surface area (Å²) in [5, 5.41) is 3.09. The molecule has 0 spiro atoms. The summed E-state index contributed by atoms with van der Waals surface area (Å²) < 4.78 is 40.7. The van der Waals surface area contributed by atoms with Crippen LogP contribution in [0.5, 0.6) is 5.75 Å². The van der Waals surface area contributed by atoms with Gasteiger partial charge in [-0.2, -0.15) is 0 Å². The summed E-state index contributed by atoms with van der Waals surface area (Å²) in [6, 6.07) is 9.62. The fourth-order valence-electron chi connectivity index (χ4n) is 2.07. The summed E-state index contributed by atoms with van der Waals surface area (Å²) in [5.41, 5.74) is 1.72. The number of pyridine rings is 1. The van der Waals surface area contributed by atoms with Gasteiger partial charge >= 0.3 is 6.36 Å². The number of nitrogens with zero attached hydrogens (tertiary/aromatic N) is 1. The Morgan fingerprint density at radius 3 is 2.67 bits per heavy atom. The van der Waals surface area contributed by atoms with E-state index in [2.05, 4.69) is 15.0 Å². The molecule has 0 aliphatic rings. The van der Waals surface area contributed by atoms with Gasteiger partial charge in [0.2, 0.25) is 0 Å². The van der Waals surface area contributed by atoms with Gasteiger partial charge < -0.3 is 10.1 Å². The van der Waals surface area contributed by atoms with E-state index >= 15 is 0 Å². The molecule has 1 atom stereocenters. The first kappa shape index (κ1) is 15.3. The van der Waals surface area contributed by atoms with Crippen molar-refractivity contribution in [1.82, 2.24) is 10.3 Å². The molecule has 3 nitrogen and oxygen atoms in total. The van der Waals surface area contributed by atoms with Gasteiger partial charge in [-0.1, -0.05) is 18.2 Å². The van der Waals surface area contributed by atoms with Gasteiger partial charge in [0.15, 0.2) is 0 Å². The highest BCUT2D eigenvalue weighted by Crippen LogP contribution is 2.26. The molecule has 0 radical (unpaired) electrons. The minimum atomic E-state index is -4.68. The van der Waals surface area contributed by atoms with Gasteiger partial charge in [-0.05, 0) is 42.8 Å². The number of aromatic nitrogens is 1. The standard InChI is InChI=1S/C15H15F3N2O/c1-19-14(8-11-4-3-7-20-10-11)12-5-2-6-13(9-12)21-15(16,17)18/h2-7,9-10,14,19H,8H2,1H3. The Labute approximate surface area is 120 Å². The summed E-state index contributed by atoms with van der Waals surface area (Å²) in [6.45, 7) is 0. The molecule has 2 aromatic rings. The molecule has 0 amide bonds. The molecule has 0 saturated carbocycles. The molecule has 0 fully saturated rings. The van der Waals surface area contributed by atoms with E-state index in [1.807, 2.05) is 12.1 Å². The van der Waals surface area contributed by atoms with Gasteiger partial charge in [0.1, 0.15) is 5.75 Å². The van der Waals surface area contributed by atoms with Crippen molar-refractivity contribution in [3.8, 4) is 5.75 Å². The maximum Gasteiger partial charge on any atom is 0.573 e. The number of hydrogen-bond acceptors (Lipinski definition) is 3. The van der Waals surface area contributed by atoms with Crippen LogP contribution in [0, 0.1) is 0 Å². The molecule has 1 aromatic carbocycles. The summed E-state index contributed by atoms with van der Waals surface area (Å²) in [5.74, 6) is -0.216. The van der Waals surface area contributed by atoms with Crippen LogP contribution >= 0.6 is 0 Å². The molecular formula is C15H15F3N2O. The number of likely N-dealkylation sites (N-methyl/N-ethyl adjacent to an activating group) is 1. The number of ether oxygens (including phenoxy) is 1. The van der Waals surface area contributed by atoms with Crippen molar-refractivity contribution < 1.29 is 17.9 Å². The number of nitrogens with one attached hydrogen (secondary N) is 1. The average molecular weight is 296 g/mol. The molecule has 1 unspecified atom stereocenters. The number of alkyl halides is 3. The normalized spacial score (nSPS) is 13.0. The highest BCUT2D eigenvalue weighted by Gasteiger charge is 2.31. The van der Waals surface area contributed by atoms with Crippen molar-refractivity contribution in [3.05, 3.63) is 59.9 Å². The van der Waals surface area contributed by atoms with Crippen LogP contribution in [0.15, 0.2) is 48.8 Å². The van der Waals surface area contributed by atoms with Crippen molar-refractivity contribution in [2.75, 3.05) is 7.05 Å². The second-order valence-electron chi connectivity index (χ2n) is 4.53. The van der Waals surface area contributed by atoms with Crippen LogP contribution in [0.4, 0.5) is 13.2 Å². The van der Waals surface area contributed by atoms with E-state index in [4.69, 9.17) is 0 Å². The maximum atomic E-state index is 12.3. The fraction of sp³-hybridized carbons (Fsp3) is 0.267. The molecular weight excluding hydrogens is 281 g/mol. The van der Waals surface area contributed by atoms with E-state index in [1.54, 1.807) is 31.6 Å². The van der Waals surface area contributed by atoms with Crippen LogP contribution in [0.3, 0.4) is 0 Å². The maximum absolute atomic E-state index is 12.3. The van der Waals surface area contributed by atoms with Crippen LogP contribution < -0.4 is 10.1 Å². The first-order valence-electron chi connectivity index (χ1n) is 6.40. The Hall–Kier alpha value is -2.08. The SMILES string of the molecule is CNC(Cc1cccnc1)c1cccc(OC(F)(F)F)c1. The molecule has 2 rings (SSSR count). The van der Waals surface area contributed by atoms with Gasteiger partial charge in [-0.25, -0.2) is 0 Å². The predicted octanol–water partition coefficient (Wildman–Crippen LogP) is 3.48. The van der Waals surface area contributed by atoms with E-state index in [-0.39, 0.29) is 11.8 Å². The Morgan fingerprint density at radius 2 is 2.05 bits per heavy atom. The second kappa shape index (κ2) is 6.58. The lowest BCUT2D eigenvalue weighted by molar-refractivity contribution is -0.274. The largest absolute Gasteiger partial charge is 0.573 e. The van der Waals surface area contributed by atoms with E-state index in [0.717, 1.165) is 11.1 Å². The lowest BCUT2D eigenvalue weighted by atomic mass is 10.00. The lowest BCUT2D eigenvalue weighted by Gasteiger charge is -2.18. The predicted molar refractivity (Wildman–Crippen MR) is 72.9 cm³/mol. The number of benzene rings is 1. The first-order valence-corrected chi connectivity index (χ1v) is 6.40. The number of rotatable bonds is 5. The average Bonchev–Trinajstić information content (AvgIpc) is 2.44. The Kier molecular flexibility index (Phi) is 4.80. The van der Waals surface area contributed by atoms with Crippen molar-refractivity contribution in [1.29, 1.82) is 0 Å². The van der Waals surface area contributed by atoms with Gasteiger partial charge in [0.25, 0.3) is 0 Å². The van der Waals surface area contributed by atoms with Crippen LogP contribution in [-0.4, -0.2) is 18.4 Å². The second-order valence-corrected chi connectivity index (χ2v) is 4.53. The zero-order valence-electron chi connectivity index (χ0n) is 11.4. The molecule has 0 aliphatic carbocycles. The quantitative estimate of drug-likeness (QED) is 0.917. The lowest BCUT2D eigenvalue weighted by Crippen LogP contribution is -2.20.